The summed E-state index contributed by atoms with van der Waals surface area (Å²) in [5.74, 6) is 0. The van der Waals surface area contributed by atoms with Crippen LogP contribution in [0.5, 0.6) is 0 Å². The van der Waals surface area contributed by atoms with Crippen molar-refractivity contribution < 1.29 is 0 Å². The monoisotopic (exact) mass is 201 g/mol. The Labute approximate surface area is 87.1 Å². The smallest absolute Gasteiger partial charge is 0.0368 e. The van der Waals surface area contributed by atoms with Gasteiger partial charge in [0.2, 0.25) is 0 Å². The first-order chi connectivity index (χ1) is 6.09. The van der Waals surface area contributed by atoms with Gasteiger partial charge in [0.1, 0.15) is 0 Å². The Morgan fingerprint density at radius 3 is 2.46 bits per heavy atom. The predicted molar refractivity (Wildman–Crippen MR) is 60.9 cm³/mol. The minimum Gasteiger partial charge on any atom is -0.380 e. The van der Waals surface area contributed by atoms with Crippen LogP contribution in [-0.4, -0.2) is 19.0 Å². The largest absolute Gasteiger partial charge is 0.380 e. The van der Waals surface area contributed by atoms with Crippen LogP contribution in [0.15, 0.2) is 23.4 Å². The standard InChI is InChI=1S/C11H20ClN/c1-5-6-7-8-9-11(12)10(2)13(3)4/h5H,1,6-9H2,2-4H3/b11-10-. The molecule has 0 N–H and O–H groups in total. The summed E-state index contributed by atoms with van der Waals surface area (Å²) in [4.78, 5) is 2.05. The summed E-state index contributed by atoms with van der Waals surface area (Å²) in [6.07, 6.45) is 6.36. The first-order valence-corrected chi connectivity index (χ1v) is 5.11. The van der Waals surface area contributed by atoms with Gasteiger partial charge in [0.05, 0.1) is 0 Å². The van der Waals surface area contributed by atoms with E-state index in [0.717, 1.165) is 24.3 Å². The maximum Gasteiger partial charge on any atom is 0.0368 e. The number of halogens is 1. The molecule has 0 rings (SSSR count). The third kappa shape index (κ3) is 5.75. The third-order valence-electron chi connectivity index (χ3n) is 2.12. The Balaban J connectivity index is 3.78. The molecule has 0 heterocycles. The maximum atomic E-state index is 6.12. The first-order valence-electron chi connectivity index (χ1n) is 4.73. The van der Waals surface area contributed by atoms with E-state index in [1.54, 1.807) is 0 Å². The number of nitrogens with zero attached hydrogens (tertiary/aromatic N) is 1. The van der Waals surface area contributed by atoms with Gasteiger partial charge in [-0.1, -0.05) is 17.7 Å². The van der Waals surface area contributed by atoms with Gasteiger partial charge >= 0.3 is 0 Å². The molecule has 0 aromatic carbocycles. The second-order valence-corrected chi connectivity index (χ2v) is 3.88. The highest BCUT2D eigenvalue weighted by molar-refractivity contribution is 6.29. The van der Waals surface area contributed by atoms with Gasteiger partial charge in [0.15, 0.2) is 0 Å². The average Bonchev–Trinajstić information content (AvgIpc) is 2.10. The van der Waals surface area contributed by atoms with E-state index in [1.165, 1.54) is 12.1 Å². The van der Waals surface area contributed by atoms with E-state index in [-0.39, 0.29) is 0 Å². The Hall–Kier alpha value is -0.430. The topological polar surface area (TPSA) is 3.24 Å². The highest BCUT2D eigenvalue weighted by Crippen LogP contribution is 2.18. The summed E-state index contributed by atoms with van der Waals surface area (Å²) in [5.41, 5.74) is 1.17. The second kappa shape index (κ2) is 7.02. The summed E-state index contributed by atoms with van der Waals surface area (Å²) < 4.78 is 0. The Morgan fingerprint density at radius 2 is 2.00 bits per heavy atom. The molecule has 0 aromatic heterocycles. The van der Waals surface area contributed by atoms with E-state index >= 15 is 0 Å². The molecule has 0 unspecified atom stereocenters. The third-order valence-corrected chi connectivity index (χ3v) is 2.58. The summed E-state index contributed by atoms with van der Waals surface area (Å²) in [7, 11) is 4.03. The van der Waals surface area contributed by atoms with Crippen molar-refractivity contribution in [3.8, 4) is 0 Å². The van der Waals surface area contributed by atoms with Crippen LogP contribution >= 0.6 is 11.6 Å². The number of rotatable bonds is 6. The lowest BCUT2D eigenvalue weighted by Gasteiger charge is -2.14. The quantitative estimate of drug-likeness (QED) is 0.467. The van der Waals surface area contributed by atoms with E-state index in [2.05, 4.69) is 18.4 Å². The van der Waals surface area contributed by atoms with Crippen LogP contribution in [0.4, 0.5) is 0 Å². The van der Waals surface area contributed by atoms with Gasteiger partial charge in [-0.05, 0) is 32.6 Å². The molecule has 0 amide bonds. The zero-order valence-corrected chi connectivity index (χ0v) is 9.69. The summed E-state index contributed by atoms with van der Waals surface area (Å²) >= 11 is 6.12. The molecule has 0 atom stereocenters. The molecule has 2 heteroatoms. The predicted octanol–water partition coefficient (Wildman–Crippen LogP) is 3.76. The minimum absolute atomic E-state index is 0.981. The van der Waals surface area contributed by atoms with Crippen molar-refractivity contribution in [1.29, 1.82) is 0 Å². The minimum atomic E-state index is 0.981. The molecule has 0 aliphatic carbocycles. The van der Waals surface area contributed by atoms with Crippen molar-refractivity contribution in [3.05, 3.63) is 23.4 Å². The van der Waals surface area contributed by atoms with E-state index in [4.69, 9.17) is 11.6 Å². The first kappa shape index (κ1) is 12.6. The van der Waals surface area contributed by atoms with Crippen molar-refractivity contribution in [1.82, 2.24) is 4.90 Å². The fraction of sp³-hybridized carbons (Fsp3) is 0.636. The number of hydrogen-bond donors (Lipinski definition) is 0. The zero-order valence-electron chi connectivity index (χ0n) is 8.94. The van der Waals surface area contributed by atoms with Gasteiger partial charge in [-0.25, -0.2) is 0 Å². The molecular formula is C11H20ClN. The lowest BCUT2D eigenvalue weighted by atomic mass is 10.1. The molecule has 0 aromatic rings. The molecule has 0 aliphatic rings. The molecular weight excluding hydrogens is 182 g/mol. The molecule has 0 saturated heterocycles. The van der Waals surface area contributed by atoms with Crippen LogP contribution in [0, 0.1) is 0 Å². The van der Waals surface area contributed by atoms with Gasteiger partial charge in [0.25, 0.3) is 0 Å². The lowest BCUT2D eigenvalue weighted by molar-refractivity contribution is 0.507. The summed E-state index contributed by atoms with van der Waals surface area (Å²) in [6.45, 7) is 5.74. The Kier molecular flexibility index (Phi) is 6.79. The van der Waals surface area contributed by atoms with Gasteiger partial charge < -0.3 is 4.90 Å². The van der Waals surface area contributed by atoms with E-state index in [9.17, 15) is 0 Å². The molecule has 0 fully saturated rings. The average molecular weight is 202 g/mol. The van der Waals surface area contributed by atoms with E-state index < -0.39 is 0 Å². The number of allylic oxidation sites excluding steroid dienone is 3. The molecule has 13 heavy (non-hydrogen) atoms. The van der Waals surface area contributed by atoms with Crippen LogP contribution < -0.4 is 0 Å². The molecule has 76 valence electrons. The molecule has 1 nitrogen and oxygen atoms in total. The second-order valence-electron chi connectivity index (χ2n) is 3.42. The van der Waals surface area contributed by atoms with Crippen LogP contribution in [-0.2, 0) is 0 Å². The van der Waals surface area contributed by atoms with Crippen molar-refractivity contribution in [2.45, 2.75) is 32.6 Å². The Bertz CT molecular complexity index is 183. The van der Waals surface area contributed by atoms with Gasteiger partial charge in [-0.2, -0.15) is 0 Å². The van der Waals surface area contributed by atoms with Gasteiger partial charge in [-0.3, -0.25) is 0 Å². The lowest BCUT2D eigenvalue weighted by Crippen LogP contribution is -2.09. The highest BCUT2D eigenvalue weighted by Gasteiger charge is 2.00. The van der Waals surface area contributed by atoms with Gasteiger partial charge in [-0.15, -0.1) is 6.58 Å². The van der Waals surface area contributed by atoms with Crippen molar-refractivity contribution in [2.24, 2.45) is 0 Å². The van der Waals surface area contributed by atoms with Crippen molar-refractivity contribution >= 4 is 11.6 Å². The summed E-state index contributed by atoms with van der Waals surface area (Å²) in [6, 6.07) is 0. The van der Waals surface area contributed by atoms with Crippen LogP contribution in [0.3, 0.4) is 0 Å². The molecule has 0 aliphatic heterocycles. The molecule has 0 spiro atoms. The number of hydrogen-bond acceptors (Lipinski definition) is 1. The van der Waals surface area contributed by atoms with E-state index in [1.807, 2.05) is 20.2 Å². The maximum absolute atomic E-state index is 6.12. The molecule has 0 saturated carbocycles. The number of unbranched alkanes of at least 4 members (excludes halogenated alkanes) is 2. The highest BCUT2D eigenvalue weighted by atomic mass is 35.5. The normalized spacial score (nSPS) is 12.3. The van der Waals surface area contributed by atoms with Crippen molar-refractivity contribution in [2.75, 3.05) is 14.1 Å². The van der Waals surface area contributed by atoms with E-state index in [0.29, 0.717) is 0 Å². The zero-order chi connectivity index (χ0) is 10.3. The fourth-order valence-electron chi connectivity index (χ4n) is 0.992. The van der Waals surface area contributed by atoms with Crippen LogP contribution in [0.2, 0.25) is 0 Å². The SMILES string of the molecule is C=CCCCC/C(Cl)=C(\C)N(C)C. The van der Waals surface area contributed by atoms with Crippen molar-refractivity contribution in [3.63, 3.8) is 0 Å². The fourth-order valence-corrected chi connectivity index (χ4v) is 1.30. The molecule has 0 radical (unpaired) electrons. The molecule has 0 bridgehead atoms. The van der Waals surface area contributed by atoms with Gasteiger partial charge in [0, 0.05) is 24.8 Å². The van der Waals surface area contributed by atoms with Crippen LogP contribution in [0.1, 0.15) is 32.6 Å². The van der Waals surface area contributed by atoms with Crippen LogP contribution in [0.25, 0.3) is 0 Å². The summed E-state index contributed by atoms with van der Waals surface area (Å²) in [5, 5.41) is 0.981. The Morgan fingerprint density at radius 1 is 1.38 bits per heavy atom.